The Kier molecular flexibility index (Phi) is 2.23. The number of nitrogens with two attached hydrogens (primary N) is 1. The molecule has 2 rings (SSSR count). The number of rotatable bonds is 2. The van der Waals surface area contributed by atoms with Crippen LogP contribution < -0.4 is 5.73 Å². The average molecular weight is 191 g/mol. The van der Waals surface area contributed by atoms with Crippen molar-refractivity contribution >= 4 is 5.65 Å². The Hall–Kier alpha value is -1.39. The molecular weight excluding hydrogens is 178 g/mol. The monoisotopic (exact) mass is 191 g/mol. The molecule has 0 aliphatic heterocycles. The van der Waals surface area contributed by atoms with Crippen LogP contribution >= 0.6 is 0 Å². The highest BCUT2D eigenvalue weighted by Gasteiger charge is 2.16. The van der Waals surface area contributed by atoms with Gasteiger partial charge in [0.1, 0.15) is 11.8 Å². The fourth-order valence-corrected chi connectivity index (χ4v) is 1.44. The van der Waals surface area contributed by atoms with Crippen LogP contribution in [0.5, 0.6) is 0 Å². The minimum Gasteiger partial charge on any atom is -0.385 e. The van der Waals surface area contributed by atoms with Gasteiger partial charge in [-0.2, -0.15) is 0 Å². The third-order valence-corrected chi connectivity index (χ3v) is 2.25. The maximum atomic E-state index is 9.80. The predicted molar refractivity (Wildman–Crippen MR) is 53.8 cm³/mol. The maximum absolute atomic E-state index is 9.80. The molecule has 0 aromatic carbocycles. The van der Waals surface area contributed by atoms with Crippen molar-refractivity contribution in [3.63, 3.8) is 0 Å². The molecule has 2 heterocycles. The van der Waals surface area contributed by atoms with Crippen molar-refractivity contribution in [3.8, 4) is 0 Å². The second-order valence-corrected chi connectivity index (χ2v) is 3.42. The molecule has 14 heavy (non-hydrogen) atoms. The Balaban J connectivity index is 2.53. The molecule has 4 heteroatoms. The molecule has 0 radical (unpaired) electrons. The number of aliphatic hydroxyl groups is 1. The molecule has 2 aromatic heterocycles. The van der Waals surface area contributed by atoms with Gasteiger partial charge >= 0.3 is 0 Å². The van der Waals surface area contributed by atoms with E-state index in [-0.39, 0.29) is 6.04 Å². The van der Waals surface area contributed by atoms with E-state index in [0.717, 1.165) is 11.3 Å². The lowest BCUT2D eigenvalue weighted by Gasteiger charge is -2.13. The number of aromatic nitrogens is 2. The van der Waals surface area contributed by atoms with Gasteiger partial charge < -0.3 is 15.2 Å². The van der Waals surface area contributed by atoms with Gasteiger partial charge in [-0.1, -0.05) is 6.07 Å². The lowest BCUT2D eigenvalue weighted by atomic mass is 10.1. The number of hydrogen-bond donors (Lipinski definition) is 2. The molecule has 0 saturated carbocycles. The molecule has 0 saturated heterocycles. The van der Waals surface area contributed by atoms with Crippen LogP contribution in [0, 0.1) is 0 Å². The lowest BCUT2D eigenvalue weighted by Crippen LogP contribution is -2.25. The van der Waals surface area contributed by atoms with Gasteiger partial charge in [-0.05, 0) is 19.1 Å². The average Bonchev–Trinajstić information content (AvgIpc) is 2.60. The van der Waals surface area contributed by atoms with E-state index < -0.39 is 6.10 Å². The van der Waals surface area contributed by atoms with Gasteiger partial charge in [0.15, 0.2) is 0 Å². The summed E-state index contributed by atoms with van der Waals surface area (Å²) >= 11 is 0. The summed E-state index contributed by atoms with van der Waals surface area (Å²) < 4.78 is 1.84. The van der Waals surface area contributed by atoms with Gasteiger partial charge in [0, 0.05) is 12.2 Å². The van der Waals surface area contributed by atoms with Crippen LogP contribution in [0.3, 0.4) is 0 Å². The second kappa shape index (κ2) is 3.40. The second-order valence-electron chi connectivity index (χ2n) is 3.42. The summed E-state index contributed by atoms with van der Waals surface area (Å²) in [5, 5.41) is 9.80. The summed E-state index contributed by atoms with van der Waals surface area (Å²) in [6.45, 7) is 1.77. The molecule has 74 valence electrons. The fraction of sp³-hybridized carbons (Fsp3) is 0.300. The quantitative estimate of drug-likeness (QED) is 0.735. The molecule has 0 fully saturated rings. The van der Waals surface area contributed by atoms with E-state index in [2.05, 4.69) is 4.98 Å². The van der Waals surface area contributed by atoms with Crippen molar-refractivity contribution in [2.75, 3.05) is 0 Å². The van der Waals surface area contributed by atoms with Crippen LogP contribution in [0.1, 0.15) is 18.7 Å². The first-order chi connectivity index (χ1) is 6.70. The van der Waals surface area contributed by atoms with Crippen molar-refractivity contribution in [2.24, 2.45) is 5.73 Å². The third kappa shape index (κ3) is 1.38. The molecule has 0 amide bonds. The van der Waals surface area contributed by atoms with Crippen LogP contribution in [-0.4, -0.2) is 20.5 Å². The van der Waals surface area contributed by atoms with Crippen LogP contribution in [-0.2, 0) is 0 Å². The van der Waals surface area contributed by atoms with E-state index in [9.17, 15) is 5.11 Å². The number of imidazole rings is 1. The van der Waals surface area contributed by atoms with Crippen molar-refractivity contribution in [2.45, 2.75) is 19.1 Å². The van der Waals surface area contributed by atoms with Crippen molar-refractivity contribution < 1.29 is 5.11 Å². The van der Waals surface area contributed by atoms with Gasteiger partial charge in [0.2, 0.25) is 0 Å². The summed E-state index contributed by atoms with van der Waals surface area (Å²) in [6, 6.07) is 5.39. The summed E-state index contributed by atoms with van der Waals surface area (Å²) in [7, 11) is 0. The van der Waals surface area contributed by atoms with Crippen molar-refractivity contribution in [1.82, 2.24) is 9.38 Å². The number of hydrogen-bond acceptors (Lipinski definition) is 3. The zero-order chi connectivity index (χ0) is 10.1. The van der Waals surface area contributed by atoms with E-state index >= 15 is 0 Å². The van der Waals surface area contributed by atoms with E-state index in [1.165, 1.54) is 0 Å². The number of fused-ring (bicyclic) bond motifs is 1. The Morgan fingerprint density at radius 1 is 1.50 bits per heavy atom. The van der Waals surface area contributed by atoms with Gasteiger partial charge in [-0.25, -0.2) is 4.98 Å². The van der Waals surface area contributed by atoms with Crippen LogP contribution in [0.15, 0.2) is 30.6 Å². The molecule has 2 aromatic rings. The van der Waals surface area contributed by atoms with Crippen LogP contribution in [0.4, 0.5) is 0 Å². The molecule has 3 N–H and O–H groups in total. The first kappa shape index (κ1) is 9.18. The van der Waals surface area contributed by atoms with Gasteiger partial charge in [-0.15, -0.1) is 0 Å². The molecule has 2 unspecified atom stereocenters. The standard InChI is InChI=1S/C10H13N3O/c1-7(11)10(14)8-6-12-9-4-2-3-5-13(8)9/h2-7,10,14H,11H2,1H3. The molecule has 0 aliphatic carbocycles. The van der Waals surface area contributed by atoms with Crippen molar-refractivity contribution in [1.29, 1.82) is 0 Å². The van der Waals surface area contributed by atoms with Crippen molar-refractivity contribution in [3.05, 3.63) is 36.3 Å². The predicted octanol–water partition coefficient (Wildman–Crippen LogP) is 0.715. The smallest absolute Gasteiger partial charge is 0.136 e. The maximum Gasteiger partial charge on any atom is 0.136 e. The summed E-state index contributed by atoms with van der Waals surface area (Å²) in [6.07, 6.45) is 2.85. The molecular formula is C10H13N3O. The number of pyridine rings is 1. The molecule has 0 bridgehead atoms. The Morgan fingerprint density at radius 3 is 3.00 bits per heavy atom. The Morgan fingerprint density at radius 2 is 2.29 bits per heavy atom. The van der Waals surface area contributed by atoms with E-state index in [1.807, 2.05) is 28.8 Å². The molecule has 4 nitrogen and oxygen atoms in total. The first-order valence-corrected chi connectivity index (χ1v) is 4.56. The molecule has 0 spiro atoms. The molecule has 2 atom stereocenters. The highest BCUT2D eigenvalue weighted by molar-refractivity contribution is 5.40. The number of aliphatic hydroxyl groups excluding tert-OH is 1. The van der Waals surface area contributed by atoms with E-state index in [0.29, 0.717) is 0 Å². The van der Waals surface area contributed by atoms with Crippen LogP contribution in [0.2, 0.25) is 0 Å². The van der Waals surface area contributed by atoms with Gasteiger partial charge in [0.25, 0.3) is 0 Å². The Labute approximate surface area is 82.0 Å². The summed E-state index contributed by atoms with van der Waals surface area (Å²) in [5.41, 5.74) is 7.18. The summed E-state index contributed by atoms with van der Waals surface area (Å²) in [5.74, 6) is 0. The van der Waals surface area contributed by atoms with E-state index in [4.69, 9.17) is 5.73 Å². The van der Waals surface area contributed by atoms with Gasteiger partial charge in [0.05, 0.1) is 11.9 Å². The Bertz CT molecular complexity index is 436. The minimum atomic E-state index is -0.674. The third-order valence-electron chi connectivity index (χ3n) is 2.25. The normalized spacial score (nSPS) is 15.6. The zero-order valence-electron chi connectivity index (χ0n) is 7.96. The van der Waals surface area contributed by atoms with E-state index in [1.54, 1.807) is 13.1 Å². The van der Waals surface area contributed by atoms with Gasteiger partial charge in [-0.3, -0.25) is 0 Å². The number of nitrogens with zero attached hydrogens (tertiary/aromatic N) is 2. The first-order valence-electron chi connectivity index (χ1n) is 4.56. The van der Waals surface area contributed by atoms with Crippen LogP contribution in [0.25, 0.3) is 5.65 Å². The lowest BCUT2D eigenvalue weighted by molar-refractivity contribution is 0.148. The minimum absolute atomic E-state index is 0.296. The molecule has 0 aliphatic rings. The highest BCUT2D eigenvalue weighted by atomic mass is 16.3. The summed E-state index contributed by atoms with van der Waals surface area (Å²) in [4.78, 5) is 4.17. The topological polar surface area (TPSA) is 63.5 Å². The zero-order valence-corrected chi connectivity index (χ0v) is 7.96. The largest absolute Gasteiger partial charge is 0.385 e. The SMILES string of the molecule is CC(N)C(O)c1cnc2ccccn12. The highest BCUT2D eigenvalue weighted by Crippen LogP contribution is 2.16. The fourth-order valence-electron chi connectivity index (χ4n) is 1.44.